The summed E-state index contributed by atoms with van der Waals surface area (Å²) in [5, 5.41) is 7.75. The Hall–Kier alpha value is -1.03. The Morgan fingerprint density at radius 1 is 1.50 bits per heavy atom. The Morgan fingerprint density at radius 3 is 2.81 bits per heavy atom. The third-order valence-electron chi connectivity index (χ3n) is 2.41. The molecule has 1 heterocycles. The van der Waals surface area contributed by atoms with Crippen LogP contribution in [-0.2, 0) is 13.1 Å². The predicted octanol–water partition coefficient (Wildman–Crippen LogP) is 2.05. The van der Waals surface area contributed by atoms with Crippen LogP contribution in [0.4, 0.5) is 0 Å². The van der Waals surface area contributed by atoms with Crippen LogP contribution in [0.2, 0.25) is 0 Å². The van der Waals surface area contributed by atoms with Crippen LogP contribution in [0.5, 0.6) is 5.75 Å². The molecular formula is C12H23N3O. The monoisotopic (exact) mass is 225 g/mol. The first-order chi connectivity index (χ1) is 7.69. The number of aromatic nitrogens is 2. The van der Waals surface area contributed by atoms with Crippen molar-refractivity contribution in [3.05, 3.63) is 11.9 Å². The van der Waals surface area contributed by atoms with E-state index in [0.717, 1.165) is 37.5 Å². The second-order valence-corrected chi connectivity index (χ2v) is 4.41. The highest BCUT2D eigenvalue weighted by Crippen LogP contribution is 2.17. The Kier molecular flexibility index (Phi) is 5.32. The molecule has 0 saturated carbocycles. The molecule has 4 nitrogen and oxygen atoms in total. The summed E-state index contributed by atoms with van der Waals surface area (Å²) in [6.45, 7) is 9.34. The molecule has 0 aliphatic heterocycles. The fourth-order valence-electron chi connectivity index (χ4n) is 1.63. The molecule has 0 aromatic carbocycles. The fraction of sp³-hybridized carbons (Fsp3) is 0.750. The quantitative estimate of drug-likeness (QED) is 0.772. The van der Waals surface area contributed by atoms with Crippen molar-refractivity contribution in [2.45, 2.75) is 40.3 Å². The molecule has 0 radical (unpaired) electrons. The van der Waals surface area contributed by atoms with Crippen molar-refractivity contribution in [2.24, 2.45) is 5.92 Å². The van der Waals surface area contributed by atoms with Gasteiger partial charge in [-0.3, -0.25) is 4.68 Å². The molecule has 16 heavy (non-hydrogen) atoms. The molecule has 0 fully saturated rings. The van der Waals surface area contributed by atoms with Crippen LogP contribution in [0.15, 0.2) is 6.20 Å². The van der Waals surface area contributed by atoms with Crippen molar-refractivity contribution >= 4 is 0 Å². The molecule has 0 amide bonds. The van der Waals surface area contributed by atoms with E-state index >= 15 is 0 Å². The van der Waals surface area contributed by atoms with Crippen LogP contribution in [0.1, 0.15) is 32.9 Å². The largest absolute Gasteiger partial charge is 0.493 e. The molecule has 1 aromatic heterocycles. The minimum atomic E-state index is 0.661. The van der Waals surface area contributed by atoms with E-state index in [-0.39, 0.29) is 0 Å². The molecule has 0 saturated heterocycles. The van der Waals surface area contributed by atoms with E-state index in [1.54, 1.807) is 13.3 Å². The average molecular weight is 225 g/mol. The number of methoxy groups -OCH3 is 1. The SMILES string of the molecule is CCCn1ncc(OC)c1CNCC(C)C. The minimum Gasteiger partial charge on any atom is -0.493 e. The summed E-state index contributed by atoms with van der Waals surface area (Å²) >= 11 is 0. The van der Waals surface area contributed by atoms with Crippen molar-refractivity contribution in [1.29, 1.82) is 0 Å². The second-order valence-electron chi connectivity index (χ2n) is 4.41. The summed E-state index contributed by atoms with van der Waals surface area (Å²) in [5.41, 5.74) is 1.14. The number of hydrogen-bond donors (Lipinski definition) is 1. The number of nitrogens with one attached hydrogen (secondary N) is 1. The Morgan fingerprint density at radius 2 is 2.25 bits per heavy atom. The second kappa shape index (κ2) is 6.53. The third-order valence-corrected chi connectivity index (χ3v) is 2.41. The molecule has 1 rings (SSSR count). The number of nitrogens with zero attached hydrogens (tertiary/aromatic N) is 2. The Balaban J connectivity index is 2.63. The van der Waals surface area contributed by atoms with Gasteiger partial charge < -0.3 is 10.1 Å². The first kappa shape index (κ1) is 13.0. The van der Waals surface area contributed by atoms with E-state index in [1.807, 2.05) is 4.68 Å². The van der Waals surface area contributed by atoms with Gasteiger partial charge in [-0.05, 0) is 18.9 Å². The lowest BCUT2D eigenvalue weighted by Gasteiger charge is -2.10. The lowest BCUT2D eigenvalue weighted by molar-refractivity contribution is 0.402. The maximum absolute atomic E-state index is 5.31. The molecule has 1 aromatic rings. The van der Waals surface area contributed by atoms with E-state index in [0.29, 0.717) is 5.92 Å². The third kappa shape index (κ3) is 3.52. The first-order valence-electron chi connectivity index (χ1n) is 5.98. The smallest absolute Gasteiger partial charge is 0.161 e. The van der Waals surface area contributed by atoms with Crippen molar-refractivity contribution in [3.8, 4) is 5.75 Å². The molecule has 92 valence electrons. The summed E-state index contributed by atoms with van der Waals surface area (Å²) < 4.78 is 7.33. The molecule has 0 atom stereocenters. The maximum Gasteiger partial charge on any atom is 0.161 e. The number of rotatable bonds is 7. The van der Waals surface area contributed by atoms with Gasteiger partial charge in [0.25, 0.3) is 0 Å². The number of aryl methyl sites for hydroxylation is 1. The summed E-state index contributed by atoms with van der Waals surface area (Å²) in [7, 11) is 1.69. The van der Waals surface area contributed by atoms with Crippen LogP contribution < -0.4 is 10.1 Å². The van der Waals surface area contributed by atoms with Crippen LogP contribution in [0, 0.1) is 5.92 Å². The highest BCUT2D eigenvalue weighted by atomic mass is 16.5. The minimum absolute atomic E-state index is 0.661. The fourth-order valence-corrected chi connectivity index (χ4v) is 1.63. The standard InChI is InChI=1S/C12H23N3O/c1-5-6-15-11(8-13-7-10(2)3)12(16-4)9-14-15/h9-10,13H,5-8H2,1-4H3. The van der Waals surface area contributed by atoms with Gasteiger partial charge >= 0.3 is 0 Å². The summed E-state index contributed by atoms with van der Waals surface area (Å²) in [5.74, 6) is 1.54. The Bertz CT molecular complexity index is 307. The molecule has 1 N–H and O–H groups in total. The predicted molar refractivity (Wildman–Crippen MR) is 65.6 cm³/mol. The van der Waals surface area contributed by atoms with Crippen molar-refractivity contribution in [2.75, 3.05) is 13.7 Å². The van der Waals surface area contributed by atoms with Gasteiger partial charge in [0.1, 0.15) is 0 Å². The van der Waals surface area contributed by atoms with Crippen LogP contribution in [0.25, 0.3) is 0 Å². The van der Waals surface area contributed by atoms with Gasteiger partial charge in [-0.1, -0.05) is 20.8 Å². The van der Waals surface area contributed by atoms with E-state index in [1.165, 1.54) is 0 Å². The molecule has 4 heteroatoms. The van der Waals surface area contributed by atoms with Gasteiger partial charge in [0.05, 0.1) is 19.0 Å². The molecule has 0 bridgehead atoms. The highest BCUT2D eigenvalue weighted by Gasteiger charge is 2.10. The molecule has 0 aliphatic carbocycles. The van der Waals surface area contributed by atoms with Gasteiger partial charge in [-0.15, -0.1) is 0 Å². The van der Waals surface area contributed by atoms with E-state index in [2.05, 4.69) is 31.2 Å². The number of hydrogen-bond acceptors (Lipinski definition) is 3. The number of ether oxygens (including phenoxy) is 1. The summed E-state index contributed by atoms with van der Waals surface area (Å²) in [4.78, 5) is 0. The van der Waals surface area contributed by atoms with Crippen LogP contribution in [0.3, 0.4) is 0 Å². The normalized spacial score (nSPS) is 11.1. The highest BCUT2D eigenvalue weighted by molar-refractivity contribution is 5.24. The molecular weight excluding hydrogens is 202 g/mol. The van der Waals surface area contributed by atoms with E-state index in [9.17, 15) is 0 Å². The van der Waals surface area contributed by atoms with Crippen molar-refractivity contribution in [1.82, 2.24) is 15.1 Å². The first-order valence-corrected chi connectivity index (χ1v) is 5.98. The van der Waals surface area contributed by atoms with Gasteiger partial charge in [0, 0.05) is 13.1 Å². The maximum atomic E-state index is 5.31. The molecule has 0 aliphatic rings. The zero-order valence-corrected chi connectivity index (χ0v) is 10.8. The summed E-state index contributed by atoms with van der Waals surface area (Å²) in [6.07, 6.45) is 2.88. The van der Waals surface area contributed by atoms with Crippen LogP contribution >= 0.6 is 0 Å². The van der Waals surface area contributed by atoms with E-state index < -0.39 is 0 Å². The van der Waals surface area contributed by atoms with Gasteiger partial charge in [-0.2, -0.15) is 5.10 Å². The van der Waals surface area contributed by atoms with Crippen molar-refractivity contribution < 1.29 is 4.74 Å². The van der Waals surface area contributed by atoms with Crippen LogP contribution in [-0.4, -0.2) is 23.4 Å². The zero-order chi connectivity index (χ0) is 12.0. The molecule has 0 spiro atoms. The zero-order valence-electron chi connectivity index (χ0n) is 10.8. The van der Waals surface area contributed by atoms with Gasteiger partial charge in [0.15, 0.2) is 5.75 Å². The van der Waals surface area contributed by atoms with Crippen molar-refractivity contribution in [3.63, 3.8) is 0 Å². The molecule has 0 unspecified atom stereocenters. The van der Waals surface area contributed by atoms with E-state index in [4.69, 9.17) is 4.74 Å². The van der Waals surface area contributed by atoms with Gasteiger partial charge in [-0.25, -0.2) is 0 Å². The Labute approximate surface area is 98.0 Å². The topological polar surface area (TPSA) is 39.1 Å². The average Bonchev–Trinajstić information content (AvgIpc) is 2.61. The lowest BCUT2D eigenvalue weighted by atomic mass is 10.2. The summed E-state index contributed by atoms with van der Waals surface area (Å²) in [6, 6.07) is 0. The van der Waals surface area contributed by atoms with Gasteiger partial charge in [0.2, 0.25) is 0 Å². The lowest BCUT2D eigenvalue weighted by Crippen LogP contribution is -2.21.